The molecule has 0 bridgehead atoms. The second-order valence-corrected chi connectivity index (χ2v) is 4.23. The molecule has 1 heterocycles. The van der Waals surface area contributed by atoms with Gasteiger partial charge in [-0.3, -0.25) is 0 Å². The van der Waals surface area contributed by atoms with E-state index >= 15 is 0 Å². The van der Waals surface area contributed by atoms with Crippen molar-refractivity contribution in [2.45, 2.75) is 19.8 Å². The molecule has 1 aliphatic carbocycles. The van der Waals surface area contributed by atoms with Crippen molar-refractivity contribution in [3.05, 3.63) is 17.8 Å². The Labute approximate surface area is 95.7 Å². The Hall–Kier alpha value is -1.76. The number of nitrogens with two attached hydrogens (primary N) is 1. The Bertz CT molecular complexity index is 418. The minimum atomic E-state index is 0.544. The first-order valence-corrected chi connectivity index (χ1v) is 5.65. The van der Waals surface area contributed by atoms with Crippen LogP contribution in [0.25, 0.3) is 0 Å². The van der Waals surface area contributed by atoms with Gasteiger partial charge in [-0.25, -0.2) is 4.98 Å². The van der Waals surface area contributed by atoms with Gasteiger partial charge in [-0.15, -0.1) is 0 Å². The van der Waals surface area contributed by atoms with Gasteiger partial charge >= 0.3 is 0 Å². The van der Waals surface area contributed by atoms with Gasteiger partial charge in [0.1, 0.15) is 11.9 Å². The highest BCUT2D eigenvalue weighted by Gasteiger charge is 2.25. The van der Waals surface area contributed by atoms with Crippen LogP contribution in [0.5, 0.6) is 0 Å². The fraction of sp³-hybridized carbons (Fsp3) is 0.500. The van der Waals surface area contributed by atoms with Gasteiger partial charge in [-0.2, -0.15) is 5.26 Å². The molecule has 0 aromatic carbocycles. The van der Waals surface area contributed by atoms with E-state index in [1.54, 1.807) is 12.3 Å². The molecule has 0 unspecified atom stereocenters. The lowest BCUT2D eigenvalue weighted by Gasteiger charge is -2.22. The third kappa shape index (κ3) is 2.25. The molecule has 84 valence electrons. The molecule has 16 heavy (non-hydrogen) atoms. The fourth-order valence-electron chi connectivity index (χ4n) is 1.79. The Morgan fingerprint density at radius 2 is 2.38 bits per heavy atom. The molecule has 0 aliphatic heterocycles. The Morgan fingerprint density at radius 1 is 1.62 bits per heavy atom. The average Bonchev–Trinajstić information content (AvgIpc) is 3.10. The summed E-state index contributed by atoms with van der Waals surface area (Å²) in [4.78, 5) is 6.44. The predicted octanol–water partition coefficient (Wildman–Crippen LogP) is 1.77. The summed E-state index contributed by atoms with van der Waals surface area (Å²) in [6, 6.07) is 3.85. The maximum absolute atomic E-state index is 9.06. The van der Waals surface area contributed by atoms with Crippen molar-refractivity contribution in [1.29, 1.82) is 5.26 Å². The molecule has 0 amide bonds. The molecular weight excluding hydrogens is 200 g/mol. The van der Waals surface area contributed by atoms with Crippen molar-refractivity contribution in [1.82, 2.24) is 4.98 Å². The summed E-state index contributed by atoms with van der Waals surface area (Å²) in [6.45, 7) is 3.96. The third-order valence-corrected chi connectivity index (χ3v) is 2.87. The first kappa shape index (κ1) is 10.7. The molecule has 1 saturated carbocycles. The minimum absolute atomic E-state index is 0.544. The van der Waals surface area contributed by atoms with E-state index in [0.717, 1.165) is 24.8 Å². The summed E-state index contributed by atoms with van der Waals surface area (Å²) in [5.74, 6) is 1.55. The highest BCUT2D eigenvalue weighted by molar-refractivity contribution is 5.58. The fourth-order valence-corrected chi connectivity index (χ4v) is 1.79. The lowest BCUT2D eigenvalue weighted by Crippen LogP contribution is -2.27. The van der Waals surface area contributed by atoms with Crippen LogP contribution >= 0.6 is 0 Å². The number of hydrogen-bond acceptors (Lipinski definition) is 4. The van der Waals surface area contributed by atoms with Crippen LogP contribution in [-0.4, -0.2) is 18.1 Å². The largest absolute Gasteiger partial charge is 0.397 e. The molecule has 4 nitrogen and oxygen atoms in total. The molecule has 1 aromatic rings. The van der Waals surface area contributed by atoms with Crippen LogP contribution in [0.2, 0.25) is 0 Å². The van der Waals surface area contributed by atoms with Gasteiger partial charge in [0.05, 0.1) is 17.4 Å². The number of nitriles is 1. The molecule has 1 aromatic heterocycles. The van der Waals surface area contributed by atoms with Crippen molar-refractivity contribution in [3.63, 3.8) is 0 Å². The van der Waals surface area contributed by atoms with Gasteiger partial charge in [0, 0.05) is 13.1 Å². The molecule has 0 saturated heterocycles. The molecule has 2 rings (SSSR count). The zero-order chi connectivity index (χ0) is 11.5. The van der Waals surface area contributed by atoms with E-state index in [-0.39, 0.29) is 0 Å². The van der Waals surface area contributed by atoms with Gasteiger partial charge in [0.15, 0.2) is 0 Å². The van der Waals surface area contributed by atoms with Crippen LogP contribution in [0.1, 0.15) is 25.3 Å². The number of rotatable bonds is 4. The van der Waals surface area contributed by atoms with Gasteiger partial charge in [0.25, 0.3) is 0 Å². The van der Waals surface area contributed by atoms with Crippen LogP contribution in [0.4, 0.5) is 11.5 Å². The van der Waals surface area contributed by atoms with Gasteiger partial charge in [0.2, 0.25) is 0 Å². The molecule has 4 heteroatoms. The Morgan fingerprint density at radius 3 is 2.94 bits per heavy atom. The van der Waals surface area contributed by atoms with Crippen LogP contribution in [0.3, 0.4) is 0 Å². The standard InChI is InChI=1S/C12H16N4/c1-2-16(8-9-3-4-9)12-10(6-13)5-11(14)7-15-12/h5,7,9H,2-4,8,14H2,1H3. The molecule has 0 spiro atoms. The van der Waals surface area contributed by atoms with E-state index in [4.69, 9.17) is 11.0 Å². The maximum Gasteiger partial charge on any atom is 0.146 e. The minimum Gasteiger partial charge on any atom is -0.397 e. The summed E-state index contributed by atoms with van der Waals surface area (Å²) >= 11 is 0. The smallest absolute Gasteiger partial charge is 0.146 e. The van der Waals surface area contributed by atoms with Gasteiger partial charge in [-0.05, 0) is 31.7 Å². The van der Waals surface area contributed by atoms with Crippen LogP contribution in [-0.2, 0) is 0 Å². The van der Waals surface area contributed by atoms with Crippen molar-refractivity contribution in [3.8, 4) is 6.07 Å². The first-order chi connectivity index (χ1) is 7.74. The van der Waals surface area contributed by atoms with Crippen LogP contribution in [0.15, 0.2) is 12.3 Å². The van der Waals surface area contributed by atoms with Gasteiger partial charge < -0.3 is 10.6 Å². The SMILES string of the molecule is CCN(CC1CC1)c1ncc(N)cc1C#N. The molecular formula is C12H16N4. The molecule has 0 atom stereocenters. The molecule has 2 N–H and O–H groups in total. The Balaban J connectivity index is 2.25. The number of hydrogen-bond donors (Lipinski definition) is 1. The van der Waals surface area contributed by atoms with Crippen molar-refractivity contribution in [2.24, 2.45) is 5.92 Å². The van der Waals surface area contributed by atoms with E-state index in [1.807, 2.05) is 0 Å². The number of nitrogen functional groups attached to an aromatic ring is 1. The maximum atomic E-state index is 9.06. The van der Waals surface area contributed by atoms with Gasteiger partial charge in [-0.1, -0.05) is 0 Å². The zero-order valence-corrected chi connectivity index (χ0v) is 9.48. The predicted molar refractivity (Wildman–Crippen MR) is 64.0 cm³/mol. The second kappa shape index (κ2) is 4.40. The number of pyridine rings is 1. The summed E-state index contributed by atoms with van der Waals surface area (Å²) in [5, 5.41) is 9.06. The van der Waals surface area contributed by atoms with E-state index in [9.17, 15) is 0 Å². The van der Waals surface area contributed by atoms with E-state index in [0.29, 0.717) is 11.3 Å². The molecule has 1 aliphatic rings. The normalized spacial score (nSPS) is 14.5. The topological polar surface area (TPSA) is 65.9 Å². The quantitative estimate of drug-likeness (QED) is 0.833. The summed E-state index contributed by atoms with van der Waals surface area (Å²) in [7, 11) is 0. The molecule has 0 radical (unpaired) electrons. The van der Waals surface area contributed by atoms with Crippen molar-refractivity contribution < 1.29 is 0 Å². The summed E-state index contributed by atoms with van der Waals surface area (Å²) in [6.07, 6.45) is 4.21. The first-order valence-electron chi connectivity index (χ1n) is 5.65. The number of nitrogens with zero attached hydrogens (tertiary/aromatic N) is 3. The lowest BCUT2D eigenvalue weighted by atomic mass is 10.2. The average molecular weight is 216 g/mol. The van der Waals surface area contributed by atoms with E-state index < -0.39 is 0 Å². The third-order valence-electron chi connectivity index (χ3n) is 2.87. The van der Waals surface area contributed by atoms with E-state index in [2.05, 4.69) is 22.9 Å². The molecule has 1 fully saturated rings. The van der Waals surface area contributed by atoms with Crippen LogP contribution < -0.4 is 10.6 Å². The lowest BCUT2D eigenvalue weighted by molar-refractivity contribution is 0.731. The Kier molecular flexibility index (Phi) is 2.95. The summed E-state index contributed by atoms with van der Waals surface area (Å²) in [5.41, 5.74) is 6.74. The zero-order valence-electron chi connectivity index (χ0n) is 9.48. The second-order valence-electron chi connectivity index (χ2n) is 4.23. The highest BCUT2D eigenvalue weighted by Crippen LogP contribution is 2.31. The van der Waals surface area contributed by atoms with Crippen molar-refractivity contribution in [2.75, 3.05) is 23.7 Å². The summed E-state index contributed by atoms with van der Waals surface area (Å²) < 4.78 is 0. The number of anilines is 2. The van der Waals surface area contributed by atoms with Crippen molar-refractivity contribution >= 4 is 11.5 Å². The van der Waals surface area contributed by atoms with E-state index in [1.165, 1.54) is 12.8 Å². The number of aromatic nitrogens is 1. The highest BCUT2D eigenvalue weighted by atomic mass is 15.2. The monoisotopic (exact) mass is 216 g/mol. The van der Waals surface area contributed by atoms with Crippen LogP contribution in [0, 0.1) is 17.2 Å².